The van der Waals surface area contributed by atoms with Crippen molar-refractivity contribution in [2.75, 3.05) is 0 Å². The van der Waals surface area contributed by atoms with Crippen molar-refractivity contribution in [3.05, 3.63) is 82.9 Å². The standard InChI is InChI=1S/C12H14ClNO.C6H5Cl/c1-3-4-12(14-9(2)15)10-5-7-11(13)8-6-10;7-6-4-2-1-3-5-6/h3,5-8,12H,1,4H2,2H3,(H,14,15);1-5H/t12-;/m0./s1. The highest BCUT2D eigenvalue weighted by atomic mass is 35.5. The van der Waals surface area contributed by atoms with E-state index in [-0.39, 0.29) is 11.9 Å². The van der Waals surface area contributed by atoms with Crippen LogP contribution in [0.4, 0.5) is 0 Å². The van der Waals surface area contributed by atoms with E-state index in [0.29, 0.717) is 11.4 Å². The molecule has 0 fully saturated rings. The fourth-order valence-corrected chi connectivity index (χ4v) is 2.07. The summed E-state index contributed by atoms with van der Waals surface area (Å²) in [5.41, 5.74) is 1.04. The third-order valence-corrected chi connectivity index (χ3v) is 3.29. The maximum atomic E-state index is 11.0. The summed E-state index contributed by atoms with van der Waals surface area (Å²) in [5.74, 6) is -0.0446. The van der Waals surface area contributed by atoms with Crippen molar-refractivity contribution in [3.8, 4) is 0 Å². The molecule has 0 spiro atoms. The molecule has 0 aliphatic heterocycles. The Morgan fingerprint density at radius 1 is 1.09 bits per heavy atom. The minimum absolute atomic E-state index is 0.0164. The summed E-state index contributed by atoms with van der Waals surface area (Å²) in [4.78, 5) is 11.0. The normalized spacial score (nSPS) is 10.9. The van der Waals surface area contributed by atoms with Gasteiger partial charge in [0.05, 0.1) is 6.04 Å². The molecule has 2 rings (SSSR count). The zero-order valence-electron chi connectivity index (χ0n) is 12.4. The first kappa shape index (κ1) is 18.3. The van der Waals surface area contributed by atoms with Gasteiger partial charge in [-0.15, -0.1) is 6.58 Å². The molecule has 116 valence electrons. The van der Waals surface area contributed by atoms with Gasteiger partial charge in [0.2, 0.25) is 5.91 Å². The van der Waals surface area contributed by atoms with Crippen LogP contribution >= 0.6 is 23.2 Å². The van der Waals surface area contributed by atoms with Gasteiger partial charge in [-0.2, -0.15) is 0 Å². The second kappa shape index (κ2) is 10.0. The Morgan fingerprint density at radius 3 is 2.05 bits per heavy atom. The zero-order valence-corrected chi connectivity index (χ0v) is 13.9. The fourth-order valence-electron chi connectivity index (χ4n) is 1.80. The molecule has 4 heteroatoms. The topological polar surface area (TPSA) is 29.1 Å². The molecule has 0 aliphatic rings. The Kier molecular flexibility index (Phi) is 8.34. The van der Waals surface area contributed by atoms with Crippen LogP contribution in [0.3, 0.4) is 0 Å². The first-order valence-electron chi connectivity index (χ1n) is 6.87. The SMILES string of the molecule is C=CC[C@H](NC(C)=O)c1ccc(Cl)cc1.Clc1ccccc1. The predicted octanol–water partition coefficient (Wildman–Crippen LogP) is 5.43. The lowest BCUT2D eigenvalue weighted by Gasteiger charge is -2.16. The molecule has 0 aliphatic carbocycles. The van der Waals surface area contributed by atoms with E-state index in [9.17, 15) is 4.79 Å². The summed E-state index contributed by atoms with van der Waals surface area (Å²) >= 11 is 11.3. The molecule has 2 nitrogen and oxygen atoms in total. The first-order valence-corrected chi connectivity index (χ1v) is 7.62. The summed E-state index contributed by atoms with van der Waals surface area (Å²) in [7, 11) is 0. The Balaban J connectivity index is 0.000000287. The van der Waals surface area contributed by atoms with Crippen molar-refractivity contribution in [2.24, 2.45) is 0 Å². The van der Waals surface area contributed by atoms with Gasteiger partial charge < -0.3 is 5.32 Å². The summed E-state index contributed by atoms with van der Waals surface area (Å²) in [6.07, 6.45) is 2.50. The van der Waals surface area contributed by atoms with E-state index in [2.05, 4.69) is 11.9 Å². The number of amides is 1. The van der Waals surface area contributed by atoms with E-state index in [4.69, 9.17) is 23.2 Å². The monoisotopic (exact) mass is 335 g/mol. The lowest BCUT2D eigenvalue weighted by molar-refractivity contribution is -0.119. The molecule has 1 amide bonds. The quantitative estimate of drug-likeness (QED) is 0.741. The van der Waals surface area contributed by atoms with Gasteiger partial charge in [-0.05, 0) is 36.2 Å². The molecule has 2 aromatic rings. The Labute approximate surface area is 141 Å². The highest BCUT2D eigenvalue weighted by Crippen LogP contribution is 2.19. The minimum atomic E-state index is -0.0446. The molecule has 0 saturated heterocycles. The number of nitrogens with one attached hydrogen (secondary N) is 1. The summed E-state index contributed by atoms with van der Waals surface area (Å²) < 4.78 is 0. The second-order valence-electron chi connectivity index (χ2n) is 4.62. The van der Waals surface area contributed by atoms with Crippen LogP contribution < -0.4 is 5.32 Å². The van der Waals surface area contributed by atoms with Crippen LogP contribution in [-0.4, -0.2) is 5.91 Å². The van der Waals surface area contributed by atoms with E-state index in [1.807, 2.05) is 54.6 Å². The van der Waals surface area contributed by atoms with Crippen LogP contribution in [-0.2, 0) is 4.79 Å². The van der Waals surface area contributed by atoms with Gasteiger partial charge in [-0.25, -0.2) is 0 Å². The summed E-state index contributed by atoms with van der Waals surface area (Å²) in [5, 5.41) is 4.35. The molecule has 0 aromatic heterocycles. The smallest absolute Gasteiger partial charge is 0.217 e. The average molecular weight is 336 g/mol. The molecular weight excluding hydrogens is 317 g/mol. The van der Waals surface area contributed by atoms with Gasteiger partial charge in [-0.3, -0.25) is 4.79 Å². The number of hydrogen-bond donors (Lipinski definition) is 1. The van der Waals surface area contributed by atoms with Crippen LogP contribution in [0.2, 0.25) is 10.0 Å². The molecule has 0 heterocycles. The summed E-state index contributed by atoms with van der Waals surface area (Å²) in [6, 6.07) is 16.9. The number of halogens is 2. The lowest BCUT2D eigenvalue weighted by atomic mass is 10.0. The summed E-state index contributed by atoms with van der Waals surface area (Å²) in [6.45, 7) is 5.18. The van der Waals surface area contributed by atoms with Crippen LogP contribution in [0.25, 0.3) is 0 Å². The average Bonchev–Trinajstić information content (AvgIpc) is 2.49. The van der Waals surface area contributed by atoms with E-state index in [1.165, 1.54) is 6.92 Å². The highest BCUT2D eigenvalue weighted by molar-refractivity contribution is 6.30. The minimum Gasteiger partial charge on any atom is -0.349 e. The van der Waals surface area contributed by atoms with Gasteiger partial charge >= 0.3 is 0 Å². The van der Waals surface area contributed by atoms with Gasteiger partial charge in [0, 0.05) is 17.0 Å². The van der Waals surface area contributed by atoms with Crippen molar-refractivity contribution < 1.29 is 4.79 Å². The van der Waals surface area contributed by atoms with Crippen molar-refractivity contribution in [1.29, 1.82) is 0 Å². The van der Waals surface area contributed by atoms with E-state index < -0.39 is 0 Å². The van der Waals surface area contributed by atoms with Gasteiger partial charge in [-0.1, -0.05) is 59.6 Å². The van der Waals surface area contributed by atoms with Crippen molar-refractivity contribution in [3.63, 3.8) is 0 Å². The Hall–Kier alpha value is -1.77. The molecule has 1 atom stereocenters. The number of carbonyl (C=O) groups excluding carboxylic acids is 1. The number of benzene rings is 2. The van der Waals surface area contributed by atoms with Gasteiger partial charge in [0.25, 0.3) is 0 Å². The Morgan fingerprint density at radius 2 is 1.64 bits per heavy atom. The highest BCUT2D eigenvalue weighted by Gasteiger charge is 2.10. The number of hydrogen-bond acceptors (Lipinski definition) is 1. The fraction of sp³-hybridized carbons (Fsp3) is 0.167. The van der Waals surface area contributed by atoms with Crippen LogP contribution in [0.5, 0.6) is 0 Å². The predicted molar refractivity (Wildman–Crippen MR) is 94.3 cm³/mol. The number of rotatable bonds is 4. The molecule has 1 N–H and O–H groups in total. The third-order valence-electron chi connectivity index (χ3n) is 2.79. The van der Waals surface area contributed by atoms with Gasteiger partial charge in [0.15, 0.2) is 0 Å². The van der Waals surface area contributed by atoms with Gasteiger partial charge in [0.1, 0.15) is 0 Å². The second-order valence-corrected chi connectivity index (χ2v) is 5.50. The van der Waals surface area contributed by atoms with Crippen LogP contribution in [0, 0.1) is 0 Å². The molecule has 22 heavy (non-hydrogen) atoms. The van der Waals surface area contributed by atoms with E-state index in [0.717, 1.165) is 10.6 Å². The van der Waals surface area contributed by atoms with E-state index in [1.54, 1.807) is 6.08 Å². The van der Waals surface area contributed by atoms with E-state index >= 15 is 0 Å². The first-order chi connectivity index (χ1) is 10.5. The maximum absolute atomic E-state index is 11.0. The van der Waals surface area contributed by atoms with Crippen LogP contribution in [0.1, 0.15) is 24.9 Å². The molecule has 0 saturated carbocycles. The maximum Gasteiger partial charge on any atom is 0.217 e. The number of carbonyl (C=O) groups is 1. The molecule has 0 unspecified atom stereocenters. The molecule has 2 aromatic carbocycles. The Bertz CT molecular complexity index is 582. The lowest BCUT2D eigenvalue weighted by Crippen LogP contribution is -2.25. The molecule has 0 bridgehead atoms. The van der Waals surface area contributed by atoms with Crippen molar-refractivity contribution in [1.82, 2.24) is 5.32 Å². The molecule has 0 radical (unpaired) electrons. The van der Waals surface area contributed by atoms with Crippen molar-refractivity contribution in [2.45, 2.75) is 19.4 Å². The zero-order chi connectivity index (χ0) is 16.4. The van der Waals surface area contributed by atoms with Crippen LogP contribution in [0.15, 0.2) is 67.3 Å². The third kappa shape index (κ3) is 7.30. The van der Waals surface area contributed by atoms with Crippen molar-refractivity contribution >= 4 is 29.1 Å². The largest absolute Gasteiger partial charge is 0.349 e. The molecular formula is C18H19Cl2NO.